The van der Waals surface area contributed by atoms with E-state index in [-0.39, 0.29) is 5.41 Å². The predicted octanol–water partition coefficient (Wildman–Crippen LogP) is 3.84. The van der Waals surface area contributed by atoms with Gasteiger partial charge in [0.1, 0.15) is 0 Å². The Morgan fingerprint density at radius 1 is 1.29 bits per heavy atom. The van der Waals surface area contributed by atoms with Crippen molar-refractivity contribution in [3.05, 3.63) is 47.1 Å². The third-order valence-electron chi connectivity index (χ3n) is 3.93. The fourth-order valence-electron chi connectivity index (χ4n) is 2.19. The SMILES string of the molecule is CCC(C)(CC#N)Cc1nc(Cc2ccc(C)cc2)no1. The fraction of sp³-hybridized carbons (Fsp3) is 0.471. The van der Waals surface area contributed by atoms with Crippen molar-refractivity contribution in [2.45, 2.75) is 46.5 Å². The van der Waals surface area contributed by atoms with Crippen molar-refractivity contribution in [3.63, 3.8) is 0 Å². The summed E-state index contributed by atoms with van der Waals surface area (Å²) >= 11 is 0. The first-order chi connectivity index (χ1) is 10.0. The molecule has 2 aromatic rings. The largest absolute Gasteiger partial charge is 0.339 e. The maximum absolute atomic E-state index is 8.92. The molecule has 0 aliphatic heterocycles. The molecule has 1 aromatic carbocycles. The van der Waals surface area contributed by atoms with Gasteiger partial charge >= 0.3 is 0 Å². The number of aryl methyl sites for hydroxylation is 1. The Morgan fingerprint density at radius 3 is 2.62 bits per heavy atom. The lowest BCUT2D eigenvalue weighted by atomic mass is 9.81. The molecule has 0 amide bonds. The van der Waals surface area contributed by atoms with E-state index in [1.807, 2.05) is 0 Å². The van der Waals surface area contributed by atoms with Gasteiger partial charge in [0.05, 0.1) is 6.07 Å². The van der Waals surface area contributed by atoms with Crippen LogP contribution in [0, 0.1) is 23.7 Å². The Labute approximate surface area is 125 Å². The van der Waals surface area contributed by atoms with Crippen molar-refractivity contribution in [2.24, 2.45) is 5.41 Å². The molecule has 4 heteroatoms. The molecular weight excluding hydrogens is 262 g/mol. The van der Waals surface area contributed by atoms with E-state index in [1.165, 1.54) is 11.1 Å². The van der Waals surface area contributed by atoms with Crippen LogP contribution in [0.4, 0.5) is 0 Å². The van der Waals surface area contributed by atoms with E-state index in [9.17, 15) is 0 Å². The van der Waals surface area contributed by atoms with E-state index in [0.29, 0.717) is 31.0 Å². The standard InChI is InChI=1S/C17H21N3O/c1-4-17(3,9-10-18)12-16-19-15(20-21-16)11-14-7-5-13(2)6-8-14/h5-8H,4,9,11-12H2,1-3H3. The normalized spacial score (nSPS) is 13.6. The summed E-state index contributed by atoms with van der Waals surface area (Å²) in [6.45, 7) is 6.23. The van der Waals surface area contributed by atoms with Crippen molar-refractivity contribution >= 4 is 0 Å². The highest BCUT2D eigenvalue weighted by Crippen LogP contribution is 2.29. The summed E-state index contributed by atoms with van der Waals surface area (Å²) in [5, 5.41) is 13.0. The molecule has 0 aliphatic carbocycles. The van der Waals surface area contributed by atoms with Crippen LogP contribution in [-0.2, 0) is 12.8 Å². The van der Waals surface area contributed by atoms with Gasteiger partial charge in [0, 0.05) is 19.3 Å². The number of hydrogen-bond donors (Lipinski definition) is 0. The minimum Gasteiger partial charge on any atom is -0.339 e. The van der Waals surface area contributed by atoms with Gasteiger partial charge in [-0.15, -0.1) is 0 Å². The van der Waals surface area contributed by atoms with E-state index in [0.717, 1.165) is 6.42 Å². The van der Waals surface area contributed by atoms with Gasteiger partial charge < -0.3 is 4.52 Å². The lowest BCUT2D eigenvalue weighted by Gasteiger charge is -2.22. The van der Waals surface area contributed by atoms with Gasteiger partial charge in [-0.2, -0.15) is 10.2 Å². The average molecular weight is 283 g/mol. The summed E-state index contributed by atoms with van der Waals surface area (Å²) in [4.78, 5) is 4.46. The smallest absolute Gasteiger partial charge is 0.227 e. The van der Waals surface area contributed by atoms with Crippen molar-refractivity contribution in [3.8, 4) is 6.07 Å². The first kappa shape index (κ1) is 15.2. The zero-order valence-corrected chi connectivity index (χ0v) is 12.9. The van der Waals surface area contributed by atoms with Crippen LogP contribution in [0.5, 0.6) is 0 Å². The maximum Gasteiger partial charge on any atom is 0.227 e. The van der Waals surface area contributed by atoms with Gasteiger partial charge in [-0.25, -0.2) is 0 Å². The quantitative estimate of drug-likeness (QED) is 0.808. The van der Waals surface area contributed by atoms with Crippen molar-refractivity contribution in [1.82, 2.24) is 10.1 Å². The molecule has 110 valence electrons. The molecule has 1 atom stereocenters. The van der Waals surface area contributed by atoms with E-state index < -0.39 is 0 Å². The number of aromatic nitrogens is 2. The van der Waals surface area contributed by atoms with Crippen LogP contribution in [0.1, 0.15) is 49.5 Å². The van der Waals surface area contributed by atoms with Gasteiger partial charge in [0.2, 0.25) is 5.89 Å². The first-order valence-corrected chi connectivity index (χ1v) is 7.28. The molecule has 1 heterocycles. The molecule has 0 saturated heterocycles. The zero-order chi connectivity index (χ0) is 15.3. The molecule has 0 radical (unpaired) electrons. The van der Waals surface area contributed by atoms with Gasteiger partial charge in [-0.3, -0.25) is 0 Å². The molecule has 21 heavy (non-hydrogen) atoms. The summed E-state index contributed by atoms with van der Waals surface area (Å²) in [7, 11) is 0. The van der Waals surface area contributed by atoms with Gasteiger partial charge in [-0.05, 0) is 24.3 Å². The van der Waals surface area contributed by atoms with E-state index in [1.54, 1.807) is 0 Å². The van der Waals surface area contributed by atoms with Crippen molar-refractivity contribution in [2.75, 3.05) is 0 Å². The molecular formula is C17H21N3O. The Hall–Kier alpha value is -2.15. The Kier molecular flexibility index (Phi) is 4.74. The highest BCUT2D eigenvalue weighted by Gasteiger charge is 2.25. The number of hydrogen-bond acceptors (Lipinski definition) is 4. The molecule has 0 saturated carbocycles. The second-order valence-electron chi connectivity index (χ2n) is 5.94. The first-order valence-electron chi connectivity index (χ1n) is 7.28. The molecule has 0 spiro atoms. The summed E-state index contributed by atoms with van der Waals surface area (Å²) in [6.07, 6.45) is 2.73. The molecule has 0 N–H and O–H groups in total. The third-order valence-corrected chi connectivity index (χ3v) is 3.93. The van der Waals surface area contributed by atoms with Crippen LogP contribution in [0.25, 0.3) is 0 Å². The average Bonchev–Trinajstić information content (AvgIpc) is 2.88. The Balaban J connectivity index is 2.04. The third kappa shape index (κ3) is 4.16. The van der Waals surface area contributed by atoms with Gasteiger partial charge in [0.15, 0.2) is 5.82 Å². The highest BCUT2D eigenvalue weighted by molar-refractivity contribution is 5.23. The molecule has 0 fully saturated rings. The predicted molar refractivity (Wildman–Crippen MR) is 80.6 cm³/mol. The summed E-state index contributed by atoms with van der Waals surface area (Å²) in [5.41, 5.74) is 2.31. The maximum atomic E-state index is 8.92. The Bertz CT molecular complexity index is 624. The van der Waals surface area contributed by atoms with Crippen LogP contribution in [-0.4, -0.2) is 10.1 Å². The molecule has 1 aromatic heterocycles. The number of nitrogens with zero attached hydrogens (tertiary/aromatic N) is 3. The molecule has 1 unspecified atom stereocenters. The monoisotopic (exact) mass is 283 g/mol. The van der Waals surface area contributed by atoms with Crippen LogP contribution in [0.15, 0.2) is 28.8 Å². The van der Waals surface area contributed by atoms with Crippen molar-refractivity contribution < 1.29 is 4.52 Å². The second-order valence-corrected chi connectivity index (χ2v) is 5.94. The van der Waals surface area contributed by atoms with Gasteiger partial charge in [-0.1, -0.05) is 48.8 Å². The summed E-state index contributed by atoms with van der Waals surface area (Å²) in [6, 6.07) is 10.6. The van der Waals surface area contributed by atoms with Crippen LogP contribution < -0.4 is 0 Å². The fourth-order valence-corrected chi connectivity index (χ4v) is 2.19. The number of rotatable bonds is 6. The van der Waals surface area contributed by atoms with Crippen LogP contribution >= 0.6 is 0 Å². The number of benzene rings is 1. The lowest BCUT2D eigenvalue weighted by molar-refractivity contribution is 0.265. The van der Waals surface area contributed by atoms with Gasteiger partial charge in [0.25, 0.3) is 0 Å². The zero-order valence-electron chi connectivity index (χ0n) is 12.9. The Morgan fingerprint density at radius 2 is 2.00 bits per heavy atom. The minimum absolute atomic E-state index is 0.0948. The van der Waals surface area contributed by atoms with E-state index >= 15 is 0 Å². The van der Waals surface area contributed by atoms with Crippen LogP contribution in [0.3, 0.4) is 0 Å². The molecule has 4 nitrogen and oxygen atoms in total. The second kappa shape index (κ2) is 6.53. The molecule has 2 rings (SSSR count). The molecule has 0 aliphatic rings. The van der Waals surface area contributed by atoms with Crippen molar-refractivity contribution in [1.29, 1.82) is 5.26 Å². The number of nitriles is 1. The minimum atomic E-state index is -0.0948. The summed E-state index contributed by atoms with van der Waals surface area (Å²) in [5.74, 6) is 1.32. The van der Waals surface area contributed by atoms with E-state index in [4.69, 9.17) is 9.78 Å². The topological polar surface area (TPSA) is 62.7 Å². The summed E-state index contributed by atoms with van der Waals surface area (Å²) < 4.78 is 5.33. The lowest BCUT2D eigenvalue weighted by Crippen LogP contribution is -2.18. The van der Waals surface area contributed by atoms with E-state index in [2.05, 4.69) is 61.2 Å². The van der Waals surface area contributed by atoms with Crippen LogP contribution in [0.2, 0.25) is 0 Å². The highest BCUT2D eigenvalue weighted by atomic mass is 16.5. The molecule has 0 bridgehead atoms.